The first-order valence-electron chi connectivity index (χ1n) is 9.63. The lowest BCUT2D eigenvalue weighted by Gasteiger charge is -2.12. The second kappa shape index (κ2) is 9.31. The molecule has 4 rings (SSSR count). The maximum absolute atomic E-state index is 12.6. The van der Waals surface area contributed by atoms with Crippen molar-refractivity contribution in [2.75, 3.05) is 0 Å². The van der Waals surface area contributed by atoms with Crippen LogP contribution in [0.5, 0.6) is 0 Å². The summed E-state index contributed by atoms with van der Waals surface area (Å²) in [5.41, 5.74) is 1.70. The third-order valence-electron chi connectivity index (χ3n) is 5.04. The zero-order valence-electron chi connectivity index (χ0n) is 17.1. The van der Waals surface area contributed by atoms with E-state index in [4.69, 9.17) is 34.8 Å². The van der Waals surface area contributed by atoms with Crippen molar-refractivity contribution in [3.63, 3.8) is 0 Å². The molecule has 0 bridgehead atoms. The highest BCUT2D eigenvalue weighted by Gasteiger charge is 2.14. The highest BCUT2D eigenvalue weighted by Crippen LogP contribution is 2.30. The molecule has 0 aliphatic carbocycles. The van der Waals surface area contributed by atoms with Crippen LogP contribution in [-0.4, -0.2) is 25.1 Å². The van der Waals surface area contributed by atoms with Crippen LogP contribution in [0.3, 0.4) is 0 Å². The van der Waals surface area contributed by atoms with E-state index in [2.05, 4.69) is 10.1 Å². The number of hydrogen-bond donors (Lipinski definition) is 0. The molecule has 0 N–H and O–H groups in total. The van der Waals surface area contributed by atoms with Gasteiger partial charge < -0.3 is 0 Å². The van der Waals surface area contributed by atoms with E-state index in [1.807, 2.05) is 12.1 Å². The first kappa shape index (κ1) is 22.9. The number of pyridine rings is 1. The molecule has 2 aromatic heterocycles. The normalized spacial score (nSPS) is 10.9. The lowest BCUT2D eigenvalue weighted by molar-refractivity contribution is 0.103. The molecule has 2 heterocycles. The van der Waals surface area contributed by atoms with Crippen LogP contribution in [0.25, 0.3) is 5.69 Å². The van der Waals surface area contributed by atoms with Crippen LogP contribution in [0.4, 0.5) is 0 Å². The van der Waals surface area contributed by atoms with E-state index in [0.717, 1.165) is 21.0 Å². The summed E-state index contributed by atoms with van der Waals surface area (Å²) in [4.78, 5) is 40.4. The van der Waals surface area contributed by atoms with Gasteiger partial charge in [0, 0.05) is 40.8 Å². The number of hydrogen-bond acceptors (Lipinski definition) is 5. The van der Waals surface area contributed by atoms with Gasteiger partial charge in [0.1, 0.15) is 11.3 Å². The van der Waals surface area contributed by atoms with Gasteiger partial charge in [0.25, 0.3) is 5.56 Å². The van der Waals surface area contributed by atoms with E-state index in [1.165, 1.54) is 13.2 Å². The molecule has 166 valence electrons. The number of benzene rings is 2. The smallest absolute Gasteiger partial charge is 0.289 e. The van der Waals surface area contributed by atoms with Crippen molar-refractivity contribution >= 4 is 40.6 Å². The SMILES string of the molecule is Cn1c(=O)cnn(-c2cc(Cl)c(Cc3ccc(C(=O)c4ccc(Cl)nc4)cc3)c(Cl)c2)c1=O. The summed E-state index contributed by atoms with van der Waals surface area (Å²) < 4.78 is 1.99. The van der Waals surface area contributed by atoms with Crippen molar-refractivity contribution in [3.8, 4) is 5.69 Å². The summed E-state index contributed by atoms with van der Waals surface area (Å²) in [6.45, 7) is 0. The lowest BCUT2D eigenvalue weighted by Crippen LogP contribution is -2.38. The van der Waals surface area contributed by atoms with Gasteiger partial charge in [-0.2, -0.15) is 9.78 Å². The first-order valence-corrected chi connectivity index (χ1v) is 10.8. The molecule has 0 atom stereocenters. The van der Waals surface area contributed by atoms with E-state index in [-0.39, 0.29) is 5.78 Å². The maximum atomic E-state index is 12.6. The average molecular weight is 502 g/mol. The Morgan fingerprint density at radius 2 is 1.55 bits per heavy atom. The van der Waals surface area contributed by atoms with E-state index >= 15 is 0 Å². The first-order chi connectivity index (χ1) is 15.7. The van der Waals surface area contributed by atoms with Gasteiger partial charge in [-0.1, -0.05) is 59.1 Å². The van der Waals surface area contributed by atoms with Gasteiger partial charge in [-0.05, 0) is 35.4 Å². The predicted octanol–water partition coefficient (Wildman–Crippen LogP) is 4.11. The molecule has 0 unspecified atom stereocenters. The number of carbonyl (C=O) groups is 1. The monoisotopic (exact) mass is 500 g/mol. The van der Waals surface area contributed by atoms with Crippen LogP contribution in [0.1, 0.15) is 27.0 Å². The number of nitrogens with zero attached hydrogens (tertiary/aromatic N) is 4. The van der Waals surface area contributed by atoms with Crippen molar-refractivity contribution in [3.05, 3.63) is 119 Å². The van der Waals surface area contributed by atoms with Gasteiger partial charge in [0.15, 0.2) is 5.78 Å². The minimum Gasteiger partial charge on any atom is -0.289 e. The summed E-state index contributed by atoms with van der Waals surface area (Å²) in [5.74, 6) is -0.165. The van der Waals surface area contributed by atoms with E-state index in [1.54, 1.807) is 36.4 Å². The van der Waals surface area contributed by atoms with Crippen LogP contribution in [0, 0.1) is 0 Å². The van der Waals surface area contributed by atoms with Gasteiger partial charge in [-0.15, -0.1) is 0 Å². The summed E-state index contributed by atoms with van der Waals surface area (Å²) in [5, 5.41) is 4.87. The van der Waals surface area contributed by atoms with Crippen LogP contribution in [0.15, 0.2) is 70.5 Å². The molecule has 0 aliphatic rings. The van der Waals surface area contributed by atoms with Crippen molar-refractivity contribution < 1.29 is 4.79 Å². The number of carbonyl (C=O) groups excluding carboxylic acids is 1. The highest BCUT2D eigenvalue weighted by atomic mass is 35.5. The Morgan fingerprint density at radius 3 is 2.15 bits per heavy atom. The van der Waals surface area contributed by atoms with Crippen molar-refractivity contribution in [1.82, 2.24) is 19.3 Å². The van der Waals surface area contributed by atoms with Gasteiger partial charge in [0.2, 0.25) is 0 Å². The Morgan fingerprint density at radius 1 is 0.909 bits per heavy atom. The van der Waals surface area contributed by atoms with Crippen LogP contribution >= 0.6 is 34.8 Å². The Kier molecular flexibility index (Phi) is 6.47. The minimum absolute atomic E-state index is 0.165. The third kappa shape index (κ3) is 4.75. The molecule has 4 aromatic rings. The molecule has 2 aromatic carbocycles. The second-order valence-corrected chi connectivity index (χ2v) is 8.40. The summed E-state index contributed by atoms with van der Waals surface area (Å²) >= 11 is 18.7. The van der Waals surface area contributed by atoms with E-state index < -0.39 is 11.2 Å². The predicted molar refractivity (Wildman–Crippen MR) is 127 cm³/mol. The van der Waals surface area contributed by atoms with Crippen LogP contribution < -0.4 is 11.2 Å². The third-order valence-corrected chi connectivity index (χ3v) is 5.94. The standard InChI is InChI=1S/C23H15Cl3N4O3/c1-29-21(31)12-28-30(23(29)33)16-9-18(24)17(19(25)10-16)8-13-2-4-14(5-3-13)22(32)15-6-7-20(26)27-11-15/h2-7,9-12H,8H2,1H3. The summed E-state index contributed by atoms with van der Waals surface area (Å²) in [7, 11) is 1.36. The molecule has 7 nitrogen and oxygen atoms in total. The van der Waals surface area contributed by atoms with E-state index in [0.29, 0.717) is 44.0 Å². The number of ketones is 1. The minimum atomic E-state index is -0.612. The van der Waals surface area contributed by atoms with Gasteiger partial charge >= 0.3 is 5.69 Å². The molecule has 0 amide bonds. The molecule has 0 aliphatic heterocycles. The number of halogens is 3. The quantitative estimate of drug-likeness (QED) is 0.303. The highest BCUT2D eigenvalue weighted by molar-refractivity contribution is 6.36. The zero-order valence-corrected chi connectivity index (χ0v) is 19.4. The zero-order chi connectivity index (χ0) is 23.7. The lowest BCUT2D eigenvalue weighted by atomic mass is 10.00. The molecule has 0 spiro atoms. The Labute approximate surface area is 202 Å². The molecule has 33 heavy (non-hydrogen) atoms. The topological polar surface area (TPSA) is 86.8 Å². The van der Waals surface area contributed by atoms with Crippen molar-refractivity contribution in [2.24, 2.45) is 7.05 Å². The molecule has 10 heteroatoms. The summed E-state index contributed by atoms with van der Waals surface area (Å²) in [6.07, 6.45) is 2.88. The fourth-order valence-corrected chi connectivity index (χ4v) is 3.91. The van der Waals surface area contributed by atoms with Crippen molar-refractivity contribution in [1.29, 1.82) is 0 Å². The Balaban J connectivity index is 1.59. The number of aromatic nitrogens is 4. The fraction of sp³-hybridized carbons (Fsp3) is 0.0870. The van der Waals surface area contributed by atoms with Crippen LogP contribution in [-0.2, 0) is 13.5 Å². The van der Waals surface area contributed by atoms with Gasteiger partial charge in [-0.3, -0.25) is 14.2 Å². The second-order valence-electron chi connectivity index (χ2n) is 7.20. The average Bonchev–Trinajstić information content (AvgIpc) is 2.80. The van der Waals surface area contributed by atoms with Crippen LogP contribution in [0.2, 0.25) is 15.2 Å². The maximum Gasteiger partial charge on any atom is 0.351 e. The van der Waals surface area contributed by atoms with E-state index in [9.17, 15) is 14.4 Å². The number of rotatable bonds is 5. The molecule has 0 fully saturated rings. The largest absolute Gasteiger partial charge is 0.351 e. The Hall–Kier alpha value is -3.26. The van der Waals surface area contributed by atoms with Crippen molar-refractivity contribution in [2.45, 2.75) is 6.42 Å². The molecule has 0 radical (unpaired) electrons. The summed E-state index contributed by atoms with van der Waals surface area (Å²) in [6, 6.07) is 13.4. The Bertz CT molecular complexity index is 1450. The fourth-order valence-electron chi connectivity index (χ4n) is 3.19. The molecule has 0 saturated carbocycles. The molecular weight excluding hydrogens is 487 g/mol. The molecular formula is C23H15Cl3N4O3. The van der Waals surface area contributed by atoms with Gasteiger partial charge in [-0.25, -0.2) is 9.78 Å². The van der Waals surface area contributed by atoms with Gasteiger partial charge in [0.05, 0.1) is 5.69 Å². The molecule has 0 saturated heterocycles.